The molecule has 0 unspecified atom stereocenters. The van der Waals surface area contributed by atoms with Crippen LogP contribution in [0.25, 0.3) is 0 Å². The number of rotatable bonds is 15. The van der Waals surface area contributed by atoms with Crippen LogP contribution in [0.15, 0.2) is 24.3 Å². The van der Waals surface area contributed by atoms with Crippen molar-refractivity contribution in [2.75, 3.05) is 5.75 Å². The van der Waals surface area contributed by atoms with E-state index in [1.54, 1.807) is 45.0 Å². The van der Waals surface area contributed by atoms with Crippen LogP contribution in [-0.4, -0.2) is 49.8 Å². The van der Waals surface area contributed by atoms with Crippen LogP contribution in [0.5, 0.6) is 0 Å². The highest BCUT2D eigenvalue weighted by atomic mass is 32.2. The van der Waals surface area contributed by atoms with Gasteiger partial charge in [-0.05, 0) is 30.7 Å². The molecule has 34 heavy (non-hydrogen) atoms. The molecule has 0 aliphatic carbocycles. The van der Waals surface area contributed by atoms with Gasteiger partial charge in [0.15, 0.2) is 0 Å². The highest BCUT2D eigenvalue weighted by molar-refractivity contribution is 7.89. The molecule has 190 valence electrons. The predicted molar refractivity (Wildman–Crippen MR) is 130 cm³/mol. The van der Waals surface area contributed by atoms with Crippen LogP contribution in [-0.2, 0) is 31.0 Å². The highest BCUT2D eigenvalue weighted by Crippen LogP contribution is 2.09. The third-order valence-electron chi connectivity index (χ3n) is 5.01. The molecular formula is C22H36N6O5S. The van der Waals surface area contributed by atoms with E-state index in [2.05, 4.69) is 15.4 Å². The summed E-state index contributed by atoms with van der Waals surface area (Å²) in [6.07, 6.45) is 0.863. The smallest absolute Gasteiger partial charge is 0.242 e. The number of nitrogen functional groups attached to an aromatic ring is 1. The van der Waals surface area contributed by atoms with Crippen molar-refractivity contribution in [2.45, 2.75) is 65.1 Å². The van der Waals surface area contributed by atoms with Gasteiger partial charge in [-0.1, -0.05) is 45.0 Å². The number of sulfonamides is 1. The number of hydrogen-bond acceptors (Lipinski definition) is 6. The van der Waals surface area contributed by atoms with Crippen molar-refractivity contribution in [3.63, 3.8) is 0 Å². The molecule has 0 bridgehead atoms. The van der Waals surface area contributed by atoms with Crippen LogP contribution in [0.2, 0.25) is 0 Å². The van der Waals surface area contributed by atoms with E-state index in [0.29, 0.717) is 12.0 Å². The van der Waals surface area contributed by atoms with Gasteiger partial charge >= 0.3 is 0 Å². The van der Waals surface area contributed by atoms with Gasteiger partial charge in [-0.2, -0.15) is 0 Å². The first-order chi connectivity index (χ1) is 15.9. The van der Waals surface area contributed by atoms with E-state index in [0.717, 1.165) is 5.56 Å². The number of carbonyl (C=O) groups excluding carboxylic acids is 3. The second-order valence-corrected chi connectivity index (χ2v) is 10.3. The molecule has 1 aromatic rings. The number of amides is 3. The quantitative estimate of drug-likeness (QED) is 0.147. The average Bonchev–Trinajstić information content (AvgIpc) is 2.74. The lowest BCUT2D eigenvalue weighted by atomic mass is 10.0. The molecule has 0 aromatic heterocycles. The standard InChI is InChI=1S/C22H36N6O5S/c1-4-12-34(32,33)28-19(14(2)3)22(31)27-17(6-5-7-18(23)29)21(30)26-13-15-8-10-16(11-9-15)20(24)25/h8-11,14,17,19,28H,4-7,12-13H2,1-3H3,(H2,23,29)(H3,24,25)(H,26,30)(H,27,31)/t17-,19+/m0/s1. The Morgan fingerprint density at radius 2 is 1.68 bits per heavy atom. The first-order valence-corrected chi connectivity index (χ1v) is 12.8. The first kappa shape index (κ1) is 29.0. The second kappa shape index (κ2) is 13.7. The van der Waals surface area contributed by atoms with Gasteiger partial charge in [0, 0.05) is 18.5 Å². The Morgan fingerprint density at radius 3 is 2.18 bits per heavy atom. The molecule has 0 saturated heterocycles. The summed E-state index contributed by atoms with van der Waals surface area (Å²) >= 11 is 0. The van der Waals surface area contributed by atoms with Crippen LogP contribution < -0.4 is 26.8 Å². The van der Waals surface area contributed by atoms with Crippen LogP contribution in [0, 0.1) is 11.3 Å². The zero-order chi connectivity index (χ0) is 25.9. The zero-order valence-corrected chi connectivity index (χ0v) is 20.7. The van der Waals surface area contributed by atoms with Gasteiger partial charge < -0.3 is 22.1 Å². The highest BCUT2D eigenvalue weighted by Gasteiger charge is 2.30. The predicted octanol–water partition coefficient (Wildman–Crippen LogP) is 0.0813. The van der Waals surface area contributed by atoms with Crippen molar-refractivity contribution in [3.05, 3.63) is 35.4 Å². The van der Waals surface area contributed by atoms with Crippen molar-refractivity contribution < 1.29 is 22.8 Å². The van der Waals surface area contributed by atoms with Crippen LogP contribution >= 0.6 is 0 Å². The molecular weight excluding hydrogens is 460 g/mol. The number of nitrogens with two attached hydrogens (primary N) is 2. The number of primary amides is 1. The molecule has 0 aliphatic rings. The zero-order valence-electron chi connectivity index (χ0n) is 19.9. The molecule has 0 saturated carbocycles. The van der Waals surface area contributed by atoms with Gasteiger partial charge in [-0.25, -0.2) is 13.1 Å². The van der Waals surface area contributed by atoms with Crippen molar-refractivity contribution in [3.8, 4) is 0 Å². The summed E-state index contributed by atoms with van der Waals surface area (Å²) in [5.74, 6) is -2.17. The van der Waals surface area contributed by atoms with Gasteiger partial charge in [-0.15, -0.1) is 0 Å². The monoisotopic (exact) mass is 496 g/mol. The summed E-state index contributed by atoms with van der Waals surface area (Å²) in [6.45, 7) is 5.28. The van der Waals surface area contributed by atoms with Crippen molar-refractivity contribution in [1.29, 1.82) is 5.41 Å². The fourth-order valence-electron chi connectivity index (χ4n) is 3.14. The van der Waals surface area contributed by atoms with Gasteiger partial charge in [0.05, 0.1) is 5.75 Å². The van der Waals surface area contributed by atoms with Gasteiger partial charge in [-0.3, -0.25) is 19.8 Å². The van der Waals surface area contributed by atoms with Gasteiger partial charge in [0.25, 0.3) is 0 Å². The van der Waals surface area contributed by atoms with Crippen molar-refractivity contribution in [2.24, 2.45) is 17.4 Å². The Kier molecular flexibility index (Phi) is 11.7. The van der Waals surface area contributed by atoms with E-state index >= 15 is 0 Å². The van der Waals surface area contributed by atoms with Crippen molar-refractivity contribution in [1.82, 2.24) is 15.4 Å². The Labute approximate surface area is 201 Å². The SMILES string of the molecule is CCCS(=O)(=O)N[C@@H](C(=O)N[C@@H](CCCC(N)=O)C(=O)NCc1ccc(C(=N)N)cc1)C(C)C. The molecule has 2 atom stereocenters. The molecule has 0 heterocycles. The lowest BCUT2D eigenvalue weighted by Gasteiger charge is -2.25. The number of carbonyl (C=O) groups is 3. The summed E-state index contributed by atoms with van der Waals surface area (Å²) in [7, 11) is -3.66. The Hall–Kier alpha value is -2.99. The lowest BCUT2D eigenvalue weighted by Crippen LogP contribution is -2.55. The number of amidine groups is 1. The number of hydrogen-bond donors (Lipinski definition) is 6. The largest absolute Gasteiger partial charge is 0.384 e. The van der Waals surface area contributed by atoms with E-state index in [-0.39, 0.29) is 43.3 Å². The number of nitrogens with one attached hydrogen (secondary N) is 4. The molecule has 12 heteroatoms. The van der Waals surface area contributed by atoms with Crippen molar-refractivity contribution >= 4 is 33.6 Å². The molecule has 0 radical (unpaired) electrons. The summed E-state index contributed by atoms with van der Waals surface area (Å²) in [6, 6.07) is 4.71. The summed E-state index contributed by atoms with van der Waals surface area (Å²) in [5, 5.41) is 12.8. The molecule has 0 aliphatic heterocycles. The third kappa shape index (κ3) is 10.3. The molecule has 1 rings (SSSR count). The summed E-state index contributed by atoms with van der Waals surface area (Å²) in [5.41, 5.74) is 11.9. The maximum Gasteiger partial charge on any atom is 0.242 e. The molecule has 11 nitrogen and oxygen atoms in total. The topological polar surface area (TPSA) is 197 Å². The Bertz CT molecular complexity index is 963. The maximum absolute atomic E-state index is 12.9. The molecule has 0 spiro atoms. The van der Waals surface area contributed by atoms with Crippen LogP contribution in [0.3, 0.4) is 0 Å². The minimum Gasteiger partial charge on any atom is -0.384 e. The van der Waals surface area contributed by atoms with E-state index in [1.807, 2.05) is 0 Å². The van der Waals surface area contributed by atoms with E-state index in [1.165, 1.54) is 0 Å². The normalized spacial score (nSPS) is 13.2. The lowest BCUT2D eigenvalue weighted by molar-refractivity contribution is -0.130. The van der Waals surface area contributed by atoms with Gasteiger partial charge in [0.2, 0.25) is 27.7 Å². The average molecular weight is 497 g/mol. The molecule has 1 aromatic carbocycles. The molecule has 8 N–H and O–H groups in total. The van der Waals surface area contributed by atoms with E-state index in [4.69, 9.17) is 16.9 Å². The first-order valence-electron chi connectivity index (χ1n) is 11.2. The second-order valence-electron chi connectivity index (χ2n) is 8.41. The fraction of sp³-hybridized carbons (Fsp3) is 0.545. The van der Waals surface area contributed by atoms with Crippen LogP contribution in [0.4, 0.5) is 0 Å². The summed E-state index contributed by atoms with van der Waals surface area (Å²) in [4.78, 5) is 36.9. The van der Waals surface area contributed by atoms with E-state index < -0.39 is 39.8 Å². The number of benzene rings is 1. The van der Waals surface area contributed by atoms with Gasteiger partial charge in [0.1, 0.15) is 17.9 Å². The minimum atomic E-state index is -3.66. The maximum atomic E-state index is 12.9. The Balaban J connectivity index is 2.92. The Morgan fingerprint density at radius 1 is 1.06 bits per heavy atom. The summed E-state index contributed by atoms with van der Waals surface area (Å²) < 4.78 is 26.8. The van der Waals surface area contributed by atoms with Crippen LogP contribution in [0.1, 0.15) is 57.6 Å². The molecule has 0 fully saturated rings. The third-order valence-corrected chi connectivity index (χ3v) is 6.57. The fourth-order valence-corrected chi connectivity index (χ4v) is 4.56. The molecule has 3 amide bonds. The van der Waals surface area contributed by atoms with E-state index in [9.17, 15) is 22.8 Å². The minimum absolute atomic E-state index is 0.0445.